The first-order valence-corrected chi connectivity index (χ1v) is 4.12. The number of nitrogens with zero attached hydrogens (tertiary/aromatic N) is 1. The van der Waals surface area contributed by atoms with Gasteiger partial charge in [0.25, 0.3) is 0 Å². The fourth-order valence-corrected chi connectivity index (χ4v) is 1.35. The average Bonchev–Trinajstić information content (AvgIpc) is 2.65. The Balaban J connectivity index is 2.69. The van der Waals surface area contributed by atoms with Gasteiger partial charge in [-0.15, -0.1) is 0 Å². The van der Waals surface area contributed by atoms with E-state index < -0.39 is 11.6 Å². The number of aromatic nitrogens is 1. The number of rotatable bonds is 1. The fourth-order valence-electron chi connectivity index (χ4n) is 1.10. The molecule has 72 valence electrons. The van der Waals surface area contributed by atoms with Crippen LogP contribution in [0.2, 0.25) is 5.02 Å². The summed E-state index contributed by atoms with van der Waals surface area (Å²) < 4.78 is 30.8. The van der Waals surface area contributed by atoms with Crippen molar-refractivity contribution in [2.24, 2.45) is 0 Å². The summed E-state index contributed by atoms with van der Waals surface area (Å²) in [6, 6.07) is 3.36. The van der Waals surface area contributed by atoms with Crippen LogP contribution >= 0.6 is 11.6 Å². The summed E-state index contributed by atoms with van der Waals surface area (Å²) in [7, 11) is 0. The summed E-state index contributed by atoms with van der Waals surface area (Å²) in [5, 5.41) is 3.19. The Bertz CT molecular complexity index is 456. The van der Waals surface area contributed by atoms with E-state index in [4.69, 9.17) is 11.6 Å². The SMILES string of the molecule is Fc1ccc(F)c(-c2ccon2)c1Cl. The van der Waals surface area contributed by atoms with Crippen molar-refractivity contribution in [3.05, 3.63) is 41.1 Å². The molecule has 1 aromatic carbocycles. The first-order chi connectivity index (χ1) is 6.70. The van der Waals surface area contributed by atoms with Crippen LogP contribution in [0.5, 0.6) is 0 Å². The van der Waals surface area contributed by atoms with Crippen molar-refractivity contribution < 1.29 is 13.3 Å². The van der Waals surface area contributed by atoms with Crippen LogP contribution in [0.25, 0.3) is 11.3 Å². The molecule has 0 aliphatic heterocycles. The maximum Gasteiger partial charge on any atom is 0.142 e. The summed E-state index contributed by atoms with van der Waals surface area (Å²) >= 11 is 5.59. The molecule has 2 rings (SSSR count). The van der Waals surface area contributed by atoms with Gasteiger partial charge in [-0.25, -0.2) is 8.78 Å². The number of halogens is 3. The van der Waals surface area contributed by atoms with Gasteiger partial charge in [0.15, 0.2) is 0 Å². The lowest BCUT2D eigenvalue weighted by Crippen LogP contribution is -1.89. The summed E-state index contributed by atoms with van der Waals surface area (Å²) in [6.45, 7) is 0. The Hall–Kier alpha value is -1.42. The number of benzene rings is 1. The summed E-state index contributed by atoms with van der Waals surface area (Å²) in [6.07, 6.45) is 1.26. The second-order valence-corrected chi connectivity index (χ2v) is 2.98. The molecule has 0 unspecified atom stereocenters. The van der Waals surface area contributed by atoms with E-state index in [2.05, 4.69) is 9.68 Å². The van der Waals surface area contributed by atoms with E-state index >= 15 is 0 Å². The van der Waals surface area contributed by atoms with Crippen LogP contribution in [0.3, 0.4) is 0 Å². The maximum absolute atomic E-state index is 13.3. The van der Waals surface area contributed by atoms with Gasteiger partial charge in [0.1, 0.15) is 23.6 Å². The van der Waals surface area contributed by atoms with Crippen LogP contribution in [-0.4, -0.2) is 5.16 Å². The van der Waals surface area contributed by atoms with Crippen LogP contribution < -0.4 is 0 Å². The zero-order valence-electron chi connectivity index (χ0n) is 6.80. The van der Waals surface area contributed by atoms with Crippen molar-refractivity contribution in [2.45, 2.75) is 0 Å². The van der Waals surface area contributed by atoms with Crippen LogP contribution in [0.1, 0.15) is 0 Å². The van der Waals surface area contributed by atoms with Gasteiger partial charge in [0.05, 0.1) is 10.6 Å². The smallest absolute Gasteiger partial charge is 0.142 e. The third-order valence-corrected chi connectivity index (χ3v) is 2.11. The second-order valence-electron chi connectivity index (χ2n) is 2.60. The van der Waals surface area contributed by atoms with Gasteiger partial charge in [-0.1, -0.05) is 16.8 Å². The lowest BCUT2D eigenvalue weighted by Gasteiger charge is -2.02. The molecule has 5 heteroatoms. The van der Waals surface area contributed by atoms with E-state index in [1.807, 2.05) is 0 Å². The molecular formula is C9H4ClF2NO. The van der Waals surface area contributed by atoms with E-state index in [0.717, 1.165) is 12.1 Å². The lowest BCUT2D eigenvalue weighted by molar-refractivity contribution is 0.421. The van der Waals surface area contributed by atoms with Gasteiger partial charge in [0, 0.05) is 6.07 Å². The van der Waals surface area contributed by atoms with Crippen LogP contribution in [0.4, 0.5) is 8.78 Å². The number of hydrogen-bond acceptors (Lipinski definition) is 2. The first kappa shape index (κ1) is 9.15. The molecule has 0 N–H and O–H groups in total. The Morgan fingerprint density at radius 1 is 1.14 bits per heavy atom. The third kappa shape index (κ3) is 1.37. The highest BCUT2D eigenvalue weighted by Gasteiger charge is 2.15. The van der Waals surface area contributed by atoms with Gasteiger partial charge in [-0.2, -0.15) is 0 Å². The second kappa shape index (κ2) is 3.38. The van der Waals surface area contributed by atoms with Crippen LogP contribution in [0.15, 0.2) is 29.0 Å². The van der Waals surface area contributed by atoms with E-state index in [-0.39, 0.29) is 16.3 Å². The van der Waals surface area contributed by atoms with E-state index in [9.17, 15) is 8.78 Å². The molecule has 0 spiro atoms. The van der Waals surface area contributed by atoms with E-state index in [1.54, 1.807) is 0 Å². The summed E-state index contributed by atoms with van der Waals surface area (Å²) in [5.74, 6) is -1.32. The highest BCUT2D eigenvalue weighted by Crippen LogP contribution is 2.31. The van der Waals surface area contributed by atoms with Crippen molar-refractivity contribution in [3.63, 3.8) is 0 Å². The quantitative estimate of drug-likeness (QED) is 0.683. The van der Waals surface area contributed by atoms with Gasteiger partial charge in [-0.3, -0.25) is 0 Å². The predicted molar refractivity (Wildman–Crippen MR) is 46.9 cm³/mol. The fraction of sp³-hybridized carbons (Fsp3) is 0. The highest BCUT2D eigenvalue weighted by molar-refractivity contribution is 6.33. The van der Waals surface area contributed by atoms with Crippen molar-refractivity contribution in [1.82, 2.24) is 5.16 Å². The Labute approximate surface area is 83.1 Å². The molecule has 2 nitrogen and oxygen atoms in total. The van der Waals surface area contributed by atoms with Crippen molar-refractivity contribution in [1.29, 1.82) is 0 Å². The maximum atomic E-state index is 13.3. The molecule has 14 heavy (non-hydrogen) atoms. The zero-order chi connectivity index (χ0) is 10.1. The standard InChI is InChI=1S/C9H4ClF2NO/c10-9-6(12)2-1-5(11)8(9)7-3-4-14-13-7/h1-4H. The topological polar surface area (TPSA) is 26.0 Å². The molecule has 0 atom stereocenters. The Morgan fingerprint density at radius 2 is 1.86 bits per heavy atom. The largest absolute Gasteiger partial charge is 0.364 e. The molecule has 1 heterocycles. The molecular weight excluding hydrogens is 212 g/mol. The predicted octanol–water partition coefficient (Wildman–Crippen LogP) is 3.27. The molecule has 0 aliphatic rings. The molecule has 0 saturated carbocycles. The Kier molecular flexibility index (Phi) is 2.21. The molecule has 0 fully saturated rings. The summed E-state index contributed by atoms with van der Waals surface area (Å²) in [5.41, 5.74) is 0.0902. The van der Waals surface area contributed by atoms with Gasteiger partial charge >= 0.3 is 0 Å². The first-order valence-electron chi connectivity index (χ1n) is 3.74. The highest BCUT2D eigenvalue weighted by atomic mass is 35.5. The molecule has 0 aliphatic carbocycles. The molecule has 0 bridgehead atoms. The minimum Gasteiger partial charge on any atom is -0.364 e. The zero-order valence-corrected chi connectivity index (χ0v) is 7.55. The van der Waals surface area contributed by atoms with E-state index in [1.165, 1.54) is 12.3 Å². The minimum atomic E-state index is -0.689. The van der Waals surface area contributed by atoms with Crippen molar-refractivity contribution in [2.75, 3.05) is 0 Å². The molecule has 0 amide bonds. The van der Waals surface area contributed by atoms with Gasteiger partial charge in [0.2, 0.25) is 0 Å². The lowest BCUT2D eigenvalue weighted by atomic mass is 10.1. The molecule has 0 radical (unpaired) electrons. The van der Waals surface area contributed by atoms with Crippen LogP contribution in [0, 0.1) is 11.6 Å². The monoisotopic (exact) mass is 215 g/mol. The van der Waals surface area contributed by atoms with Crippen molar-refractivity contribution >= 4 is 11.6 Å². The third-order valence-electron chi connectivity index (χ3n) is 1.74. The molecule has 2 aromatic rings. The molecule has 0 saturated heterocycles. The Morgan fingerprint density at radius 3 is 2.50 bits per heavy atom. The van der Waals surface area contributed by atoms with Crippen LogP contribution in [-0.2, 0) is 0 Å². The minimum absolute atomic E-state index is 0.0829. The summed E-state index contributed by atoms with van der Waals surface area (Å²) in [4.78, 5) is 0. The normalized spacial score (nSPS) is 10.5. The molecule has 1 aromatic heterocycles. The van der Waals surface area contributed by atoms with Crippen molar-refractivity contribution in [3.8, 4) is 11.3 Å². The number of hydrogen-bond donors (Lipinski definition) is 0. The van der Waals surface area contributed by atoms with Gasteiger partial charge in [-0.05, 0) is 12.1 Å². The van der Waals surface area contributed by atoms with Gasteiger partial charge < -0.3 is 4.52 Å². The van der Waals surface area contributed by atoms with E-state index in [0.29, 0.717) is 0 Å². The average molecular weight is 216 g/mol.